The molecule has 4 rings (SSSR count). The van der Waals surface area contributed by atoms with Crippen LogP contribution in [0.3, 0.4) is 0 Å². The van der Waals surface area contributed by atoms with Crippen LogP contribution in [0.15, 0.2) is 36.4 Å². The van der Waals surface area contributed by atoms with E-state index in [0.29, 0.717) is 24.5 Å². The van der Waals surface area contributed by atoms with E-state index < -0.39 is 11.6 Å². The highest BCUT2D eigenvalue weighted by atomic mass is 16.5. The van der Waals surface area contributed by atoms with E-state index in [0.717, 1.165) is 40.0 Å². The fourth-order valence-electron chi connectivity index (χ4n) is 4.75. The third kappa shape index (κ3) is 3.90. The van der Waals surface area contributed by atoms with E-state index in [-0.39, 0.29) is 18.4 Å². The van der Waals surface area contributed by atoms with E-state index in [2.05, 4.69) is 5.32 Å². The molecule has 1 heterocycles. The Morgan fingerprint density at radius 3 is 2.58 bits per heavy atom. The first kappa shape index (κ1) is 22.6. The van der Waals surface area contributed by atoms with E-state index in [1.54, 1.807) is 21.3 Å². The fourth-order valence-corrected chi connectivity index (χ4v) is 4.75. The third-order valence-electron chi connectivity index (χ3n) is 6.62. The molecule has 1 aliphatic carbocycles. The summed E-state index contributed by atoms with van der Waals surface area (Å²) in [4.78, 5) is 41.8. The monoisotopic (exact) mass is 451 g/mol. The number of hydrogen-bond donors (Lipinski definition) is 1. The molecule has 1 atom stereocenters. The summed E-state index contributed by atoms with van der Waals surface area (Å²) in [5.41, 5.74) is 2.65. The van der Waals surface area contributed by atoms with Gasteiger partial charge in [0.1, 0.15) is 12.1 Å². The van der Waals surface area contributed by atoms with Crippen LogP contribution >= 0.6 is 0 Å². The molecule has 2 aliphatic rings. The third-order valence-corrected chi connectivity index (χ3v) is 6.62. The van der Waals surface area contributed by atoms with Gasteiger partial charge in [-0.1, -0.05) is 24.3 Å². The maximum Gasteiger partial charge on any atom is 0.325 e. The van der Waals surface area contributed by atoms with E-state index in [9.17, 15) is 14.4 Å². The molecule has 1 spiro atoms. The van der Waals surface area contributed by atoms with E-state index in [1.165, 1.54) is 4.90 Å². The molecule has 1 unspecified atom stereocenters. The molecule has 8 heteroatoms. The lowest BCUT2D eigenvalue weighted by Crippen LogP contribution is -2.47. The van der Waals surface area contributed by atoms with Crippen LogP contribution in [0.1, 0.15) is 35.1 Å². The van der Waals surface area contributed by atoms with Crippen molar-refractivity contribution in [2.75, 3.05) is 27.8 Å². The van der Waals surface area contributed by atoms with Gasteiger partial charge in [0.15, 0.2) is 11.5 Å². The lowest BCUT2D eigenvalue weighted by atomic mass is 9.76. The van der Waals surface area contributed by atoms with Crippen molar-refractivity contribution in [2.24, 2.45) is 0 Å². The van der Waals surface area contributed by atoms with Gasteiger partial charge < -0.3 is 19.7 Å². The van der Waals surface area contributed by atoms with Crippen LogP contribution in [0.2, 0.25) is 0 Å². The number of carbonyl (C=O) groups excluding carboxylic acids is 3. The number of methoxy groups -OCH3 is 2. The number of benzene rings is 2. The molecule has 0 aromatic heterocycles. The Hall–Kier alpha value is -3.55. The minimum absolute atomic E-state index is 0.308. The van der Waals surface area contributed by atoms with E-state index in [4.69, 9.17) is 9.47 Å². The number of nitrogens with one attached hydrogen (secondary N) is 1. The number of imide groups is 1. The number of ether oxygens (including phenoxy) is 2. The number of aryl methyl sites for hydroxylation is 2. The van der Waals surface area contributed by atoms with Gasteiger partial charge in [-0.15, -0.1) is 0 Å². The molecule has 1 saturated heterocycles. The van der Waals surface area contributed by atoms with Crippen LogP contribution in [0, 0.1) is 6.92 Å². The van der Waals surface area contributed by atoms with Gasteiger partial charge in [0.25, 0.3) is 5.91 Å². The van der Waals surface area contributed by atoms with Crippen molar-refractivity contribution in [1.29, 1.82) is 0 Å². The van der Waals surface area contributed by atoms with Gasteiger partial charge in [-0.05, 0) is 60.6 Å². The summed E-state index contributed by atoms with van der Waals surface area (Å²) in [6, 6.07) is 10.9. The second kappa shape index (κ2) is 8.77. The van der Waals surface area contributed by atoms with Crippen molar-refractivity contribution in [3.05, 3.63) is 58.7 Å². The summed E-state index contributed by atoms with van der Waals surface area (Å²) < 4.78 is 10.7. The normalized spacial score (nSPS) is 19.3. The van der Waals surface area contributed by atoms with Crippen molar-refractivity contribution in [2.45, 2.75) is 38.3 Å². The van der Waals surface area contributed by atoms with E-state index >= 15 is 0 Å². The van der Waals surface area contributed by atoms with Crippen LogP contribution in [-0.4, -0.2) is 55.5 Å². The SMILES string of the molecule is COc1cc(C)c(CN(C)C(=O)CN2C(=O)NC3(CCCc4ccccc43)C2=O)cc1OC. The zero-order valence-electron chi connectivity index (χ0n) is 19.4. The van der Waals surface area contributed by atoms with Crippen LogP contribution in [0.5, 0.6) is 11.5 Å². The quantitative estimate of drug-likeness (QED) is 0.683. The molecule has 1 N–H and O–H groups in total. The molecular weight excluding hydrogens is 422 g/mol. The number of nitrogens with zero attached hydrogens (tertiary/aromatic N) is 2. The number of urea groups is 1. The molecule has 2 aromatic carbocycles. The largest absolute Gasteiger partial charge is 0.493 e. The van der Waals surface area contributed by atoms with Crippen molar-refractivity contribution >= 4 is 17.8 Å². The Balaban J connectivity index is 1.50. The lowest BCUT2D eigenvalue weighted by Gasteiger charge is -2.33. The number of hydrogen-bond acceptors (Lipinski definition) is 5. The average Bonchev–Trinajstić information content (AvgIpc) is 3.04. The van der Waals surface area contributed by atoms with Crippen molar-refractivity contribution in [1.82, 2.24) is 15.1 Å². The predicted molar refractivity (Wildman–Crippen MR) is 122 cm³/mol. The minimum Gasteiger partial charge on any atom is -0.493 e. The summed E-state index contributed by atoms with van der Waals surface area (Å²) in [6.45, 7) is 1.93. The summed E-state index contributed by atoms with van der Waals surface area (Å²) >= 11 is 0. The predicted octanol–water partition coefficient (Wildman–Crippen LogP) is 2.75. The highest BCUT2D eigenvalue weighted by Gasteiger charge is 2.54. The zero-order chi connectivity index (χ0) is 23.8. The molecule has 0 radical (unpaired) electrons. The van der Waals surface area contributed by atoms with Crippen molar-refractivity contribution in [3.8, 4) is 11.5 Å². The molecule has 0 bridgehead atoms. The van der Waals surface area contributed by atoms with Gasteiger partial charge in [0.2, 0.25) is 5.91 Å². The highest BCUT2D eigenvalue weighted by Crippen LogP contribution is 2.40. The molecular formula is C25H29N3O5. The number of rotatable bonds is 6. The zero-order valence-corrected chi connectivity index (χ0v) is 19.4. The van der Waals surface area contributed by atoms with Gasteiger partial charge in [0.05, 0.1) is 14.2 Å². The van der Waals surface area contributed by atoms with Gasteiger partial charge in [-0.25, -0.2) is 4.79 Å². The van der Waals surface area contributed by atoms with Gasteiger partial charge in [-0.2, -0.15) is 0 Å². The summed E-state index contributed by atoms with van der Waals surface area (Å²) in [7, 11) is 4.79. The summed E-state index contributed by atoms with van der Waals surface area (Å²) in [5, 5.41) is 2.89. The number of carbonyl (C=O) groups is 3. The Kier molecular flexibility index (Phi) is 6.01. The first-order chi connectivity index (χ1) is 15.8. The minimum atomic E-state index is -1.08. The maximum atomic E-state index is 13.4. The van der Waals surface area contributed by atoms with Crippen molar-refractivity contribution in [3.63, 3.8) is 0 Å². The van der Waals surface area contributed by atoms with Gasteiger partial charge >= 0.3 is 6.03 Å². The number of amides is 4. The van der Waals surface area contributed by atoms with Crippen LogP contribution < -0.4 is 14.8 Å². The van der Waals surface area contributed by atoms with Crippen LogP contribution in [0.25, 0.3) is 0 Å². The Labute approximate surface area is 193 Å². The second-order valence-electron chi connectivity index (χ2n) is 8.62. The molecule has 4 amide bonds. The Morgan fingerprint density at radius 1 is 1.15 bits per heavy atom. The summed E-state index contributed by atoms with van der Waals surface area (Å²) in [5.74, 6) is 0.508. The summed E-state index contributed by atoms with van der Waals surface area (Å²) in [6.07, 6.45) is 2.19. The van der Waals surface area contributed by atoms with E-state index in [1.807, 2.05) is 43.3 Å². The lowest BCUT2D eigenvalue weighted by molar-refractivity contribution is -0.139. The average molecular weight is 452 g/mol. The fraction of sp³-hybridized carbons (Fsp3) is 0.400. The van der Waals surface area contributed by atoms with Gasteiger partial charge in [-0.3, -0.25) is 14.5 Å². The van der Waals surface area contributed by atoms with Crippen LogP contribution in [-0.2, 0) is 28.1 Å². The first-order valence-electron chi connectivity index (χ1n) is 11.0. The topological polar surface area (TPSA) is 88.2 Å². The number of fused-ring (bicyclic) bond motifs is 2. The standard InChI is InChI=1S/C25H29N3O5/c1-16-12-20(32-3)21(33-4)13-18(16)14-27(2)22(29)15-28-23(30)25(26-24(28)31)11-7-9-17-8-5-6-10-19(17)25/h5-6,8,10,12-13H,7,9,11,14-15H2,1-4H3,(H,26,31). The van der Waals surface area contributed by atoms with Crippen molar-refractivity contribution < 1.29 is 23.9 Å². The highest BCUT2D eigenvalue weighted by molar-refractivity contribution is 6.09. The second-order valence-corrected chi connectivity index (χ2v) is 8.62. The molecule has 0 saturated carbocycles. The van der Waals surface area contributed by atoms with Gasteiger partial charge in [0, 0.05) is 13.6 Å². The molecule has 2 aromatic rings. The Bertz CT molecular complexity index is 1120. The van der Waals surface area contributed by atoms with Crippen LogP contribution in [0.4, 0.5) is 4.79 Å². The molecule has 8 nitrogen and oxygen atoms in total. The maximum absolute atomic E-state index is 13.4. The molecule has 1 fully saturated rings. The molecule has 1 aliphatic heterocycles. The Morgan fingerprint density at radius 2 is 1.85 bits per heavy atom. The first-order valence-corrected chi connectivity index (χ1v) is 11.0. The molecule has 174 valence electrons. The molecule has 33 heavy (non-hydrogen) atoms. The smallest absolute Gasteiger partial charge is 0.325 e. The number of likely N-dealkylation sites (N-methyl/N-ethyl adjacent to an activating group) is 1.